The van der Waals surface area contributed by atoms with Crippen molar-refractivity contribution in [3.8, 4) is 17.3 Å². The van der Waals surface area contributed by atoms with Crippen LogP contribution in [-0.2, 0) is 11.2 Å². The molecule has 3 saturated heterocycles. The van der Waals surface area contributed by atoms with Gasteiger partial charge in [-0.1, -0.05) is 11.6 Å². The summed E-state index contributed by atoms with van der Waals surface area (Å²) in [6, 6.07) is 1.68. The van der Waals surface area contributed by atoms with Gasteiger partial charge in [-0.05, 0) is 50.3 Å². The van der Waals surface area contributed by atoms with Crippen LogP contribution in [0, 0.1) is 11.7 Å². The lowest BCUT2D eigenvalue weighted by Crippen LogP contribution is -2.43. The van der Waals surface area contributed by atoms with Crippen LogP contribution in [0.1, 0.15) is 37.7 Å². The lowest BCUT2D eigenvalue weighted by molar-refractivity contribution is 0.0979. The average Bonchev–Trinajstić information content (AvgIpc) is 3.67. The molecule has 3 aliphatic heterocycles. The van der Waals surface area contributed by atoms with Gasteiger partial charge in [0, 0.05) is 73.8 Å². The van der Waals surface area contributed by atoms with Crippen molar-refractivity contribution in [3.63, 3.8) is 0 Å². The van der Waals surface area contributed by atoms with Gasteiger partial charge in [0.15, 0.2) is 5.82 Å². The van der Waals surface area contributed by atoms with Crippen LogP contribution in [0.2, 0.25) is 5.02 Å². The fraction of sp³-hybridized carbons (Fsp3) is 0.562. The van der Waals surface area contributed by atoms with E-state index in [4.69, 9.17) is 21.1 Å². The number of unbranched alkanes of at least 4 members (excludes halogenated alkanes) is 1. The summed E-state index contributed by atoms with van der Waals surface area (Å²) in [5.41, 5.74) is 0.763. The Labute approximate surface area is 269 Å². The second-order valence-corrected chi connectivity index (χ2v) is 13.2. The van der Waals surface area contributed by atoms with Crippen LogP contribution < -0.4 is 20.9 Å². The lowest BCUT2D eigenvalue weighted by atomic mass is 9.95. The van der Waals surface area contributed by atoms with Gasteiger partial charge in [0.25, 0.3) is 11.6 Å². The zero-order valence-corrected chi connectivity index (χ0v) is 26.4. The second-order valence-electron chi connectivity index (χ2n) is 12.8. The SMILES string of the molecule is O=c1[nH]c(OC[C@@]23CCCN2C[C@H](F)C3)nc2c(F)c(-c3c(CCCCOCC4CNCCNC4)c(Cl)cc4[nH]ncc34)ncc12. The van der Waals surface area contributed by atoms with Crippen LogP contribution in [0.4, 0.5) is 8.78 Å². The molecule has 7 rings (SSSR count). The van der Waals surface area contributed by atoms with Crippen LogP contribution >= 0.6 is 11.6 Å². The normalized spacial score (nSPS) is 22.5. The molecule has 0 saturated carbocycles. The summed E-state index contributed by atoms with van der Waals surface area (Å²) in [7, 11) is 0. The van der Waals surface area contributed by atoms with Crippen molar-refractivity contribution in [2.75, 3.05) is 59.1 Å². The number of fused-ring (bicyclic) bond motifs is 3. The first-order chi connectivity index (χ1) is 22.4. The number of rotatable bonds is 11. The Kier molecular flexibility index (Phi) is 9.19. The van der Waals surface area contributed by atoms with Crippen LogP contribution in [0.15, 0.2) is 23.3 Å². The molecule has 246 valence electrons. The van der Waals surface area contributed by atoms with E-state index in [2.05, 4.69) is 40.7 Å². The summed E-state index contributed by atoms with van der Waals surface area (Å²) in [5, 5.41) is 15.1. The van der Waals surface area contributed by atoms with E-state index >= 15 is 4.39 Å². The van der Waals surface area contributed by atoms with Crippen molar-refractivity contribution in [2.24, 2.45) is 5.92 Å². The van der Waals surface area contributed by atoms with E-state index in [-0.39, 0.29) is 29.2 Å². The summed E-state index contributed by atoms with van der Waals surface area (Å²) in [6.45, 7) is 6.46. The predicted octanol–water partition coefficient (Wildman–Crippen LogP) is 3.76. The Hall–Kier alpha value is -3.23. The maximum absolute atomic E-state index is 16.5. The number of halogens is 3. The highest BCUT2D eigenvalue weighted by Crippen LogP contribution is 2.41. The minimum Gasteiger partial charge on any atom is -0.463 e. The third kappa shape index (κ3) is 6.23. The molecule has 3 aliphatic rings. The van der Waals surface area contributed by atoms with E-state index in [0.717, 1.165) is 64.0 Å². The molecular formula is C32H39ClF2N8O3. The molecule has 0 radical (unpaired) electrons. The number of pyridine rings is 1. The maximum Gasteiger partial charge on any atom is 0.297 e. The number of aromatic nitrogens is 5. The number of ether oxygens (including phenoxy) is 2. The zero-order valence-electron chi connectivity index (χ0n) is 25.6. The lowest BCUT2D eigenvalue weighted by Gasteiger charge is -2.30. The molecule has 46 heavy (non-hydrogen) atoms. The van der Waals surface area contributed by atoms with Crippen molar-refractivity contribution in [3.05, 3.63) is 45.2 Å². The van der Waals surface area contributed by atoms with Crippen LogP contribution in [0.25, 0.3) is 33.1 Å². The molecular weight excluding hydrogens is 618 g/mol. The number of nitrogens with one attached hydrogen (secondary N) is 4. The Morgan fingerprint density at radius 3 is 2.85 bits per heavy atom. The number of H-pyrrole nitrogens is 2. The van der Waals surface area contributed by atoms with Gasteiger partial charge in [0.05, 0.1) is 29.2 Å². The number of hydrogen-bond donors (Lipinski definition) is 4. The Bertz CT molecular complexity index is 1760. The van der Waals surface area contributed by atoms with Crippen molar-refractivity contribution >= 4 is 33.4 Å². The Balaban J connectivity index is 1.13. The highest BCUT2D eigenvalue weighted by Gasteiger charge is 2.49. The van der Waals surface area contributed by atoms with Gasteiger partial charge >= 0.3 is 0 Å². The molecule has 11 nitrogen and oxygen atoms in total. The van der Waals surface area contributed by atoms with Crippen LogP contribution in [0.5, 0.6) is 6.01 Å². The minimum absolute atomic E-state index is 0.00202. The molecule has 0 amide bonds. The molecule has 4 N–H and O–H groups in total. The summed E-state index contributed by atoms with van der Waals surface area (Å²) < 4.78 is 42.6. The fourth-order valence-electron chi connectivity index (χ4n) is 7.29. The van der Waals surface area contributed by atoms with Crippen molar-refractivity contribution in [1.29, 1.82) is 0 Å². The van der Waals surface area contributed by atoms with Gasteiger partial charge < -0.3 is 20.1 Å². The molecule has 0 unspecified atom stereocenters. The molecule has 3 aromatic heterocycles. The number of hydrogen-bond acceptors (Lipinski definition) is 9. The van der Waals surface area contributed by atoms with E-state index in [1.54, 1.807) is 12.3 Å². The Morgan fingerprint density at radius 2 is 2.00 bits per heavy atom. The molecule has 14 heteroatoms. The largest absolute Gasteiger partial charge is 0.463 e. The first-order valence-corrected chi connectivity index (χ1v) is 16.5. The van der Waals surface area contributed by atoms with Gasteiger partial charge in [-0.25, -0.2) is 8.78 Å². The zero-order chi connectivity index (χ0) is 31.7. The summed E-state index contributed by atoms with van der Waals surface area (Å²) in [4.78, 5) is 26.5. The maximum atomic E-state index is 16.5. The van der Waals surface area contributed by atoms with E-state index in [1.807, 2.05) is 0 Å². The van der Waals surface area contributed by atoms with Gasteiger partial charge in [-0.15, -0.1) is 0 Å². The Morgan fingerprint density at radius 1 is 1.15 bits per heavy atom. The number of nitrogens with zero attached hydrogens (tertiary/aromatic N) is 4. The van der Waals surface area contributed by atoms with Gasteiger partial charge in [0.2, 0.25) is 0 Å². The molecule has 6 heterocycles. The van der Waals surface area contributed by atoms with Crippen molar-refractivity contribution in [2.45, 2.75) is 50.2 Å². The molecule has 2 atom stereocenters. The highest BCUT2D eigenvalue weighted by atomic mass is 35.5. The van der Waals surface area contributed by atoms with E-state index in [1.165, 1.54) is 6.20 Å². The first kappa shape index (κ1) is 31.4. The molecule has 3 fully saturated rings. The third-order valence-corrected chi connectivity index (χ3v) is 9.95. The average molecular weight is 657 g/mol. The standard InChI is InChI=1S/C32H39ClF2N8O3/c33-24-10-25-22(15-39-42-25)26(21(24)4-1-2-9-45-17-19-12-36-6-7-37-13-19)29-27(35)28-23(14-38-29)30(44)41-31(40-28)46-18-32-5-3-8-43(32)16-20(34)11-32/h10,14-15,19-20,36-37H,1-9,11-13,16-18H2,(H,39,42)(H,40,41,44)/t20-,32+/m1/s1. The number of benzene rings is 1. The highest BCUT2D eigenvalue weighted by molar-refractivity contribution is 6.33. The van der Waals surface area contributed by atoms with Crippen molar-refractivity contribution in [1.82, 2.24) is 40.7 Å². The monoisotopic (exact) mass is 656 g/mol. The number of alkyl halides is 1. The van der Waals surface area contributed by atoms with E-state index < -0.39 is 23.1 Å². The van der Waals surface area contributed by atoms with Crippen LogP contribution in [-0.4, -0.2) is 101 Å². The molecule has 0 aliphatic carbocycles. The predicted molar refractivity (Wildman–Crippen MR) is 172 cm³/mol. The van der Waals surface area contributed by atoms with E-state index in [9.17, 15) is 9.18 Å². The molecule has 0 spiro atoms. The summed E-state index contributed by atoms with van der Waals surface area (Å²) in [6.07, 6.45) is 6.29. The fourth-order valence-corrected chi connectivity index (χ4v) is 7.59. The topological polar surface area (TPSA) is 133 Å². The molecule has 1 aromatic carbocycles. The number of aromatic amines is 2. The van der Waals surface area contributed by atoms with Crippen molar-refractivity contribution < 1.29 is 18.3 Å². The smallest absolute Gasteiger partial charge is 0.297 e. The molecule has 4 aromatic rings. The van der Waals surface area contributed by atoms with E-state index in [0.29, 0.717) is 60.0 Å². The summed E-state index contributed by atoms with van der Waals surface area (Å²) >= 11 is 6.79. The molecule has 0 bridgehead atoms. The van der Waals surface area contributed by atoms with Gasteiger partial charge in [-0.2, -0.15) is 10.1 Å². The third-order valence-electron chi connectivity index (χ3n) is 9.61. The van der Waals surface area contributed by atoms with Gasteiger partial charge in [0.1, 0.15) is 24.0 Å². The summed E-state index contributed by atoms with van der Waals surface area (Å²) in [5.74, 6) is -0.318. The second kappa shape index (κ2) is 13.5. The first-order valence-electron chi connectivity index (χ1n) is 16.2. The quantitative estimate of drug-likeness (QED) is 0.178. The van der Waals surface area contributed by atoms with Crippen LogP contribution in [0.3, 0.4) is 0 Å². The minimum atomic E-state index is -0.918. The van der Waals surface area contributed by atoms with Gasteiger partial charge in [-0.3, -0.25) is 24.8 Å².